The minimum Gasteiger partial charge on any atom is -0.408 e. The molecule has 31 heavy (non-hydrogen) atoms. The molecule has 1 N–H and O–H groups in total. The van der Waals surface area contributed by atoms with E-state index in [9.17, 15) is 18.0 Å². The zero-order valence-electron chi connectivity index (χ0n) is 18.8. The third-order valence-corrected chi connectivity index (χ3v) is 5.27. The first kappa shape index (κ1) is 25.5. The SMILES string of the molecule is CCOB(OC(C)(C)CC)c1cc(NC(=O)N2CCOC(CC(F)(F)F)C2)ccc1C. The number of carbonyl (C=O) groups excluding carboxylic acids is 1. The van der Waals surface area contributed by atoms with Crippen LogP contribution in [0.5, 0.6) is 0 Å². The second-order valence-electron chi connectivity index (χ2n) is 8.28. The molecule has 1 fully saturated rings. The van der Waals surface area contributed by atoms with Gasteiger partial charge in [0.2, 0.25) is 0 Å². The van der Waals surface area contributed by atoms with Crippen LogP contribution in [0.25, 0.3) is 0 Å². The molecule has 0 aromatic heterocycles. The van der Waals surface area contributed by atoms with Gasteiger partial charge in [-0.15, -0.1) is 0 Å². The van der Waals surface area contributed by atoms with E-state index in [-0.39, 0.29) is 19.7 Å². The summed E-state index contributed by atoms with van der Waals surface area (Å²) in [5.41, 5.74) is 1.86. The maximum absolute atomic E-state index is 12.7. The zero-order chi connectivity index (χ0) is 23.2. The largest absolute Gasteiger partial charge is 0.494 e. The molecule has 2 amide bonds. The third-order valence-electron chi connectivity index (χ3n) is 5.27. The van der Waals surface area contributed by atoms with E-state index < -0.39 is 37.5 Å². The lowest BCUT2D eigenvalue weighted by Crippen LogP contribution is -2.48. The van der Waals surface area contributed by atoms with Crippen molar-refractivity contribution in [2.45, 2.75) is 65.3 Å². The topological polar surface area (TPSA) is 60.0 Å². The van der Waals surface area contributed by atoms with Crippen LogP contribution >= 0.6 is 0 Å². The first-order chi connectivity index (χ1) is 14.4. The fourth-order valence-corrected chi connectivity index (χ4v) is 3.17. The van der Waals surface area contributed by atoms with Crippen LogP contribution in [0.1, 0.15) is 46.1 Å². The number of alkyl halides is 3. The van der Waals surface area contributed by atoms with Crippen molar-refractivity contribution in [3.63, 3.8) is 0 Å². The van der Waals surface area contributed by atoms with Crippen molar-refractivity contribution in [2.24, 2.45) is 0 Å². The molecule has 6 nitrogen and oxygen atoms in total. The van der Waals surface area contributed by atoms with Gasteiger partial charge in [-0.3, -0.25) is 0 Å². The Morgan fingerprint density at radius 2 is 2.03 bits per heavy atom. The number of morpholine rings is 1. The van der Waals surface area contributed by atoms with Gasteiger partial charge in [0.25, 0.3) is 0 Å². The van der Waals surface area contributed by atoms with Gasteiger partial charge >= 0.3 is 19.3 Å². The molecule has 1 saturated heterocycles. The number of nitrogens with one attached hydrogen (secondary N) is 1. The van der Waals surface area contributed by atoms with Crippen LogP contribution < -0.4 is 10.8 Å². The van der Waals surface area contributed by atoms with Crippen molar-refractivity contribution in [3.05, 3.63) is 23.8 Å². The fraction of sp³-hybridized carbons (Fsp3) is 0.667. The Hall–Kier alpha value is -1.78. The highest BCUT2D eigenvalue weighted by Crippen LogP contribution is 2.25. The summed E-state index contributed by atoms with van der Waals surface area (Å²) in [4.78, 5) is 14.0. The highest BCUT2D eigenvalue weighted by molar-refractivity contribution is 6.62. The Kier molecular flexibility index (Phi) is 8.79. The van der Waals surface area contributed by atoms with Gasteiger partial charge in [-0.2, -0.15) is 13.2 Å². The maximum atomic E-state index is 12.7. The van der Waals surface area contributed by atoms with Crippen molar-refractivity contribution in [1.82, 2.24) is 4.90 Å². The second kappa shape index (κ2) is 10.7. The monoisotopic (exact) mass is 444 g/mol. The Balaban J connectivity index is 2.12. The molecule has 0 spiro atoms. The van der Waals surface area contributed by atoms with Crippen molar-refractivity contribution < 1.29 is 32.0 Å². The maximum Gasteiger partial charge on any atom is 0.494 e. The lowest BCUT2D eigenvalue weighted by atomic mass is 9.74. The molecular formula is C21H32BF3N2O4. The molecule has 0 aliphatic carbocycles. The van der Waals surface area contributed by atoms with E-state index in [1.54, 1.807) is 12.1 Å². The van der Waals surface area contributed by atoms with Gasteiger partial charge in [-0.25, -0.2) is 4.79 Å². The first-order valence-corrected chi connectivity index (χ1v) is 10.6. The first-order valence-electron chi connectivity index (χ1n) is 10.6. The molecule has 1 aromatic carbocycles. The predicted molar refractivity (Wildman–Crippen MR) is 115 cm³/mol. The number of anilines is 1. The van der Waals surface area contributed by atoms with Crippen molar-refractivity contribution in [1.29, 1.82) is 0 Å². The number of ether oxygens (including phenoxy) is 1. The van der Waals surface area contributed by atoms with Gasteiger partial charge in [0.15, 0.2) is 0 Å². The van der Waals surface area contributed by atoms with Gasteiger partial charge in [0, 0.05) is 31.0 Å². The van der Waals surface area contributed by atoms with E-state index in [1.165, 1.54) is 4.90 Å². The van der Waals surface area contributed by atoms with E-state index in [1.807, 2.05) is 40.7 Å². The van der Waals surface area contributed by atoms with Crippen LogP contribution in [-0.4, -0.2) is 62.2 Å². The second-order valence-corrected chi connectivity index (χ2v) is 8.28. The van der Waals surface area contributed by atoms with Crippen LogP contribution in [0.3, 0.4) is 0 Å². The summed E-state index contributed by atoms with van der Waals surface area (Å²) < 4.78 is 55.1. The Bertz CT molecular complexity index is 746. The fourth-order valence-electron chi connectivity index (χ4n) is 3.17. The Morgan fingerprint density at radius 3 is 2.65 bits per heavy atom. The summed E-state index contributed by atoms with van der Waals surface area (Å²) in [6.07, 6.45) is -5.68. The van der Waals surface area contributed by atoms with Gasteiger partial charge in [0.1, 0.15) is 0 Å². The predicted octanol–water partition coefficient (Wildman–Crippen LogP) is 4.12. The van der Waals surface area contributed by atoms with Gasteiger partial charge < -0.3 is 24.3 Å². The summed E-state index contributed by atoms with van der Waals surface area (Å²) in [5.74, 6) is 0. The summed E-state index contributed by atoms with van der Waals surface area (Å²) in [6.45, 7) is 10.4. The number of halogens is 3. The molecule has 1 aliphatic heterocycles. The molecule has 10 heteroatoms. The lowest BCUT2D eigenvalue weighted by molar-refractivity contribution is -0.168. The smallest absolute Gasteiger partial charge is 0.408 e. The standard InChI is InChI=1S/C21H32BF3N2O4/c1-6-20(4,5)31-22(30-7-2)18-12-16(9-8-15(18)3)26-19(28)27-10-11-29-17(14-27)13-21(23,24)25/h8-9,12,17H,6-7,10-11,13-14H2,1-5H3,(H,26,28). The molecule has 1 atom stereocenters. The van der Waals surface area contributed by atoms with Crippen molar-refractivity contribution in [2.75, 3.05) is 31.6 Å². The number of nitrogens with zero attached hydrogens (tertiary/aromatic N) is 1. The average molecular weight is 444 g/mol. The number of amides is 2. The third kappa shape index (κ3) is 8.01. The van der Waals surface area contributed by atoms with Crippen molar-refractivity contribution >= 4 is 24.3 Å². The molecule has 0 bridgehead atoms. The van der Waals surface area contributed by atoms with Crippen LogP contribution in [0, 0.1) is 6.92 Å². The number of aryl methyl sites for hydroxylation is 1. The van der Waals surface area contributed by atoms with Crippen molar-refractivity contribution in [3.8, 4) is 0 Å². The molecule has 174 valence electrons. The summed E-state index contributed by atoms with van der Waals surface area (Å²) in [7, 11) is -0.601. The van der Waals surface area contributed by atoms with E-state index in [0.29, 0.717) is 12.3 Å². The molecular weight excluding hydrogens is 412 g/mol. The number of hydrogen-bond donors (Lipinski definition) is 1. The molecule has 1 unspecified atom stereocenters. The zero-order valence-corrected chi connectivity index (χ0v) is 18.8. The normalized spacial score (nSPS) is 17.5. The summed E-state index contributed by atoms with van der Waals surface area (Å²) in [6, 6.07) is 4.92. The van der Waals surface area contributed by atoms with Gasteiger partial charge in [-0.05, 0) is 51.7 Å². The van der Waals surface area contributed by atoms with E-state index in [4.69, 9.17) is 14.0 Å². The molecule has 0 radical (unpaired) electrons. The minimum absolute atomic E-state index is 0.0691. The quantitative estimate of drug-likeness (QED) is 0.613. The molecule has 0 saturated carbocycles. The number of benzene rings is 1. The highest BCUT2D eigenvalue weighted by Gasteiger charge is 2.36. The highest BCUT2D eigenvalue weighted by atomic mass is 19.4. The van der Waals surface area contributed by atoms with Crippen LogP contribution in [-0.2, 0) is 14.0 Å². The van der Waals surface area contributed by atoms with E-state index in [2.05, 4.69) is 5.32 Å². The van der Waals surface area contributed by atoms with E-state index >= 15 is 0 Å². The van der Waals surface area contributed by atoms with Crippen LogP contribution in [0.4, 0.5) is 23.7 Å². The summed E-state index contributed by atoms with van der Waals surface area (Å²) >= 11 is 0. The van der Waals surface area contributed by atoms with Crippen LogP contribution in [0.15, 0.2) is 18.2 Å². The van der Waals surface area contributed by atoms with Crippen LogP contribution in [0.2, 0.25) is 0 Å². The number of rotatable bonds is 8. The minimum atomic E-state index is -4.34. The van der Waals surface area contributed by atoms with E-state index in [0.717, 1.165) is 17.4 Å². The molecule has 1 aromatic rings. The summed E-state index contributed by atoms with van der Waals surface area (Å²) in [5, 5.41) is 2.78. The van der Waals surface area contributed by atoms with Gasteiger partial charge in [-0.1, -0.05) is 18.6 Å². The number of hydrogen-bond acceptors (Lipinski definition) is 4. The molecule has 1 aliphatic rings. The molecule has 2 rings (SSSR count). The lowest BCUT2D eigenvalue weighted by Gasteiger charge is -2.33. The Labute approximate surface area is 182 Å². The number of carbonyl (C=O) groups is 1. The molecule has 1 heterocycles. The number of urea groups is 1. The average Bonchev–Trinajstić information content (AvgIpc) is 2.68. The van der Waals surface area contributed by atoms with Gasteiger partial charge in [0.05, 0.1) is 19.1 Å². The Morgan fingerprint density at radius 1 is 1.32 bits per heavy atom.